The molecule has 0 unspecified atom stereocenters. The first-order valence-corrected chi connectivity index (χ1v) is 12.7. The van der Waals surface area contributed by atoms with Crippen LogP contribution >= 0.6 is 0 Å². The summed E-state index contributed by atoms with van der Waals surface area (Å²) in [6.45, 7) is 5.16. The van der Waals surface area contributed by atoms with Crippen molar-refractivity contribution >= 4 is 22.5 Å². The van der Waals surface area contributed by atoms with Crippen LogP contribution in [0.1, 0.15) is 43.6 Å². The van der Waals surface area contributed by atoms with Gasteiger partial charge in [-0.05, 0) is 91.7 Å². The molecule has 0 bridgehead atoms. The van der Waals surface area contributed by atoms with E-state index in [0.29, 0.717) is 12.5 Å². The average Bonchev–Trinajstić information content (AvgIpc) is 2.90. The number of amides is 2. The number of halogens is 1. The van der Waals surface area contributed by atoms with E-state index in [2.05, 4.69) is 47.4 Å². The fourth-order valence-corrected chi connectivity index (χ4v) is 5.41. The molecule has 0 aliphatic carbocycles. The summed E-state index contributed by atoms with van der Waals surface area (Å²) in [7, 11) is 0. The molecule has 0 N–H and O–H groups in total. The molecule has 3 aromatic rings. The lowest BCUT2D eigenvalue weighted by Crippen LogP contribution is -2.48. The van der Waals surface area contributed by atoms with E-state index in [1.807, 2.05) is 9.80 Å². The molecular weight excluding hydrogens is 425 g/mol. The van der Waals surface area contributed by atoms with E-state index in [0.717, 1.165) is 64.1 Å². The van der Waals surface area contributed by atoms with Gasteiger partial charge in [-0.15, -0.1) is 0 Å². The highest BCUT2D eigenvalue weighted by Crippen LogP contribution is 2.30. The largest absolute Gasteiger partial charge is 0.324 e. The number of carbonyl (C=O) groups excluding carboxylic acids is 1. The Labute approximate surface area is 202 Å². The average molecular weight is 460 g/mol. The molecule has 2 aliphatic heterocycles. The van der Waals surface area contributed by atoms with Gasteiger partial charge < -0.3 is 9.80 Å². The second-order valence-corrected chi connectivity index (χ2v) is 9.68. The van der Waals surface area contributed by atoms with Crippen LogP contribution in [0.25, 0.3) is 10.8 Å². The quantitative estimate of drug-likeness (QED) is 0.450. The van der Waals surface area contributed by atoms with Crippen LogP contribution < -0.4 is 4.90 Å². The molecule has 5 heteroatoms. The maximum absolute atomic E-state index is 13.5. The van der Waals surface area contributed by atoms with Crippen molar-refractivity contribution in [3.05, 3.63) is 78.1 Å². The van der Waals surface area contributed by atoms with Crippen molar-refractivity contribution in [2.24, 2.45) is 0 Å². The fraction of sp³-hybridized carbons (Fsp3) is 0.414. The lowest BCUT2D eigenvalue weighted by atomic mass is 9.88. The zero-order chi connectivity index (χ0) is 23.3. The summed E-state index contributed by atoms with van der Waals surface area (Å²) in [6.07, 6.45) is 5.58. The number of hydrogen-bond donors (Lipinski definition) is 0. The first kappa shape index (κ1) is 22.9. The summed E-state index contributed by atoms with van der Waals surface area (Å²) in [4.78, 5) is 19.6. The number of piperidine rings is 2. The molecule has 178 valence electrons. The highest BCUT2D eigenvalue weighted by atomic mass is 19.1. The van der Waals surface area contributed by atoms with E-state index in [4.69, 9.17) is 0 Å². The number of likely N-dealkylation sites (tertiary alicyclic amines) is 2. The van der Waals surface area contributed by atoms with Crippen molar-refractivity contribution in [1.29, 1.82) is 0 Å². The van der Waals surface area contributed by atoms with Gasteiger partial charge in [-0.2, -0.15) is 0 Å². The van der Waals surface area contributed by atoms with Crippen LogP contribution in [-0.2, 0) is 0 Å². The van der Waals surface area contributed by atoms with Gasteiger partial charge in [-0.3, -0.25) is 4.90 Å². The maximum Gasteiger partial charge on any atom is 0.324 e. The Morgan fingerprint density at radius 3 is 2.29 bits per heavy atom. The maximum atomic E-state index is 13.5. The Hall–Kier alpha value is -2.92. The number of nitrogens with zero attached hydrogens (tertiary/aromatic N) is 3. The molecule has 0 radical (unpaired) electrons. The third kappa shape index (κ3) is 5.25. The summed E-state index contributed by atoms with van der Waals surface area (Å²) >= 11 is 0. The number of anilines is 1. The van der Waals surface area contributed by atoms with E-state index in [-0.39, 0.29) is 11.8 Å². The Bertz CT molecular complexity index is 1100. The van der Waals surface area contributed by atoms with E-state index in [1.54, 1.807) is 12.1 Å². The molecule has 0 spiro atoms. The van der Waals surface area contributed by atoms with Gasteiger partial charge in [0.1, 0.15) is 5.82 Å². The van der Waals surface area contributed by atoms with Crippen molar-refractivity contribution in [3.63, 3.8) is 0 Å². The second kappa shape index (κ2) is 10.6. The van der Waals surface area contributed by atoms with E-state index >= 15 is 0 Å². The third-order valence-electron chi connectivity index (χ3n) is 7.47. The molecule has 4 nitrogen and oxygen atoms in total. The first-order valence-electron chi connectivity index (χ1n) is 12.7. The van der Waals surface area contributed by atoms with E-state index < -0.39 is 0 Å². The van der Waals surface area contributed by atoms with Crippen molar-refractivity contribution in [1.82, 2.24) is 9.80 Å². The minimum Gasteiger partial charge on any atom is -0.324 e. The summed E-state index contributed by atoms with van der Waals surface area (Å²) in [5.74, 6) is 0.314. The van der Waals surface area contributed by atoms with Gasteiger partial charge in [0.15, 0.2) is 0 Å². The van der Waals surface area contributed by atoms with Gasteiger partial charge in [0.2, 0.25) is 0 Å². The second-order valence-electron chi connectivity index (χ2n) is 9.68. The first-order chi connectivity index (χ1) is 16.7. The predicted octanol–water partition coefficient (Wildman–Crippen LogP) is 6.27. The smallest absolute Gasteiger partial charge is 0.324 e. The highest BCUT2D eigenvalue weighted by molar-refractivity contribution is 5.92. The minimum absolute atomic E-state index is 0.0531. The molecule has 5 rings (SSSR count). The number of hydrogen-bond acceptors (Lipinski definition) is 2. The molecule has 0 saturated carbocycles. The number of rotatable bonds is 5. The van der Waals surface area contributed by atoms with E-state index in [9.17, 15) is 9.18 Å². The number of fused-ring (bicyclic) bond motifs is 1. The van der Waals surface area contributed by atoms with Crippen molar-refractivity contribution in [2.75, 3.05) is 44.2 Å². The predicted molar refractivity (Wildman–Crippen MR) is 137 cm³/mol. The molecule has 34 heavy (non-hydrogen) atoms. The topological polar surface area (TPSA) is 26.8 Å². The van der Waals surface area contributed by atoms with Crippen LogP contribution in [0.5, 0.6) is 0 Å². The van der Waals surface area contributed by atoms with Gasteiger partial charge in [0.25, 0.3) is 0 Å². The highest BCUT2D eigenvalue weighted by Gasteiger charge is 2.26. The van der Waals surface area contributed by atoms with Crippen LogP contribution in [0.4, 0.5) is 14.9 Å². The van der Waals surface area contributed by atoms with Crippen LogP contribution in [0.2, 0.25) is 0 Å². The van der Waals surface area contributed by atoms with Crippen molar-refractivity contribution in [3.8, 4) is 0 Å². The van der Waals surface area contributed by atoms with Crippen LogP contribution in [0.15, 0.2) is 66.7 Å². The summed E-state index contributed by atoms with van der Waals surface area (Å²) in [5, 5.41) is 2.61. The van der Waals surface area contributed by atoms with Gasteiger partial charge in [-0.1, -0.05) is 42.5 Å². The Balaban J connectivity index is 1.21. The number of benzene rings is 3. The molecule has 2 amide bonds. The molecule has 2 heterocycles. The lowest BCUT2D eigenvalue weighted by molar-refractivity contribution is 0.187. The van der Waals surface area contributed by atoms with Gasteiger partial charge in [0, 0.05) is 31.9 Å². The number of carbonyl (C=O) groups is 1. The Morgan fingerprint density at radius 1 is 0.853 bits per heavy atom. The number of urea groups is 1. The molecule has 2 aliphatic rings. The molecule has 2 fully saturated rings. The SMILES string of the molecule is O=C(N1CCCCC1)N(CCN1CCC(c2ccc3ccccc3c2)CC1)c1ccc(F)cc1. The fourth-order valence-electron chi connectivity index (χ4n) is 5.41. The monoisotopic (exact) mass is 459 g/mol. The normalized spacial score (nSPS) is 17.7. The van der Waals surface area contributed by atoms with Crippen LogP contribution in [-0.4, -0.2) is 55.1 Å². The van der Waals surface area contributed by atoms with Gasteiger partial charge in [-0.25, -0.2) is 9.18 Å². The van der Waals surface area contributed by atoms with Crippen molar-refractivity contribution < 1.29 is 9.18 Å². The van der Waals surface area contributed by atoms with Crippen molar-refractivity contribution in [2.45, 2.75) is 38.0 Å². The zero-order valence-electron chi connectivity index (χ0n) is 19.8. The molecule has 0 atom stereocenters. The van der Waals surface area contributed by atoms with Crippen LogP contribution in [0.3, 0.4) is 0 Å². The molecule has 3 aromatic carbocycles. The standard InChI is InChI=1S/C29H34FN3O/c30-27-10-12-28(13-11-27)33(29(34)32-16-4-1-5-17-32)21-20-31-18-14-24(15-19-31)26-9-8-23-6-2-3-7-25(23)22-26/h2-3,6-13,22,24H,1,4-5,14-21H2. The molecule has 2 saturated heterocycles. The van der Waals surface area contributed by atoms with Crippen LogP contribution in [0, 0.1) is 5.82 Å². The Morgan fingerprint density at radius 2 is 1.56 bits per heavy atom. The molecule has 0 aromatic heterocycles. The zero-order valence-corrected chi connectivity index (χ0v) is 19.8. The van der Waals surface area contributed by atoms with Gasteiger partial charge >= 0.3 is 6.03 Å². The van der Waals surface area contributed by atoms with Gasteiger partial charge in [0.05, 0.1) is 0 Å². The minimum atomic E-state index is -0.273. The van der Waals surface area contributed by atoms with E-state index in [1.165, 1.54) is 34.9 Å². The molecular formula is C29H34FN3O. The summed E-state index contributed by atoms with van der Waals surface area (Å²) in [6, 6.07) is 21.8. The summed E-state index contributed by atoms with van der Waals surface area (Å²) < 4.78 is 13.5. The Kier molecular flexibility index (Phi) is 7.10. The lowest BCUT2D eigenvalue weighted by Gasteiger charge is -2.36. The third-order valence-corrected chi connectivity index (χ3v) is 7.47. The summed E-state index contributed by atoms with van der Waals surface area (Å²) in [5.41, 5.74) is 2.22.